The standard InChI is InChI=1S/C22H34N8O2S/c1-21(13-33-20-26-24-14-29(20)2,19-25-27-28-30(19)11-17-4-3-5-31-17)23-12-22-9-15-6-16(10-22)8-18(7-15)32-22/h14-18,23H,3-13H2,1-2H3. The van der Waals surface area contributed by atoms with Crippen LogP contribution in [0.1, 0.15) is 57.7 Å². The Balaban J connectivity index is 1.23. The molecule has 5 heterocycles. The van der Waals surface area contributed by atoms with E-state index in [-0.39, 0.29) is 11.7 Å². The number of hydrogen-bond acceptors (Lipinski definition) is 9. The SMILES string of the molecule is Cn1cnnc1SCC(C)(NCC12CC3CC(CC(C3)O1)C2)c1nnnn1CC1CCCO1. The van der Waals surface area contributed by atoms with E-state index in [0.717, 1.165) is 54.6 Å². The van der Waals surface area contributed by atoms with Crippen molar-refractivity contribution >= 4 is 11.8 Å². The van der Waals surface area contributed by atoms with Crippen LogP contribution in [0.25, 0.3) is 0 Å². The van der Waals surface area contributed by atoms with Gasteiger partial charge in [0.15, 0.2) is 11.0 Å². The highest BCUT2D eigenvalue weighted by Gasteiger charge is 2.52. The number of aromatic nitrogens is 7. The summed E-state index contributed by atoms with van der Waals surface area (Å²) in [6.45, 7) is 4.53. The van der Waals surface area contributed by atoms with E-state index in [9.17, 15) is 0 Å². The van der Waals surface area contributed by atoms with Crippen molar-refractivity contribution in [3.05, 3.63) is 12.2 Å². The molecule has 2 saturated carbocycles. The molecule has 2 aromatic rings. The van der Waals surface area contributed by atoms with E-state index < -0.39 is 5.54 Å². The molecule has 180 valence electrons. The van der Waals surface area contributed by atoms with Crippen molar-refractivity contribution in [3.8, 4) is 0 Å². The Labute approximate surface area is 198 Å². The quantitative estimate of drug-likeness (QED) is 0.546. The van der Waals surface area contributed by atoms with E-state index in [0.29, 0.717) is 12.6 Å². The zero-order valence-electron chi connectivity index (χ0n) is 19.5. The molecule has 1 N–H and O–H groups in total. The maximum Gasteiger partial charge on any atom is 0.190 e. The summed E-state index contributed by atoms with van der Waals surface area (Å²) in [4.78, 5) is 0. The van der Waals surface area contributed by atoms with Crippen LogP contribution in [0.3, 0.4) is 0 Å². The fraction of sp³-hybridized carbons (Fsp3) is 0.864. The van der Waals surface area contributed by atoms with Gasteiger partial charge < -0.3 is 19.4 Å². The topological polar surface area (TPSA) is 105 Å². The van der Waals surface area contributed by atoms with Crippen LogP contribution in [0.2, 0.25) is 0 Å². The van der Waals surface area contributed by atoms with E-state index in [1.54, 1.807) is 18.1 Å². The number of thioether (sulfide) groups is 1. The molecular weight excluding hydrogens is 440 g/mol. The second-order valence-corrected chi connectivity index (χ2v) is 11.7. The third-order valence-electron chi connectivity index (χ3n) is 7.98. The summed E-state index contributed by atoms with van der Waals surface area (Å²) in [6, 6.07) is 0. The lowest BCUT2D eigenvalue weighted by Gasteiger charge is -2.57. The van der Waals surface area contributed by atoms with E-state index in [4.69, 9.17) is 9.47 Å². The number of ether oxygens (including phenoxy) is 2. The first-order valence-electron chi connectivity index (χ1n) is 12.3. The molecule has 0 aromatic carbocycles. The first-order valence-corrected chi connectivity index (χ1v) is 13.3. The third-order valence-corrected chi connectivity index (χ3v) is 9.33. The number of nitrogens with one attached hydrogen (secondary N) is 1. The maximum absolute atomic E-state index is 6.66. The van der Waals surface area contributed by atoms with Crippen LogP contribution < -0.4 is 5.32 Å². The van der Waals surface area contributed by atoms with Gasteiger partial charge in [-0.3, -0.25) is 0 Å². The average Bonchev–Trinajstić information content (AvgIpc) is 3.54. The van der Waals surface area contributed by atoms with E-state index in [1.807, 2.05) is 16.3 Å². The van der Waals surface area contributed by atoms with Crippen LogP contribution in [0.15, 0.2) is 11.5 Å². The molecular formula is C22H34N8O2S. The maximum atomic E-state index is 6.66. The fourth-order valence-corrected chi connectivity index (χ4v) is 7.58. The van der Waals surface area contributed by atoms with Crippen LogP contribution in [0, 0.1) is 11.8 Å². The smallest absolute Gasteiger partial charge is 0.190 e. The first kappa shape index (κ1) is 21.9. The molecule has 33 heavy (non-hydrogen) atoms. The van der Waals surface area contributed by atoms with Gasteiger partial charge in [-0.1, -0.05) is 11.8 Å². The lowest BCUT2D eigenvalue weighted by atomic mass is 9.62. The minimum atomic E-state index is -0.453. The normalized spacial score (nSPS) is 34.7. The Hall–Kier alpha value is -1.56. The minimum Gasteiger partial charge on any atom is -0.376 e. The lowest BCUT2D eigenvalue weighted by Crippen LogP contribution is -2.61. The molecule has 3 aliphatic heterocycles. The van der Waals surface area contributed by atoms with Crippen LogP contribution in [-0.2, 0) is 28.6 Å². The van der Waals surface area contributed by atoms with Gasteiger partial charge >= 0.3 is 0 Å². The molecule has 3 saturated heterocycles. The zero-order valence-corrected chi connectivity index (χ0v) is 20.3. The van der Waals surface area contributed by atoms with Crippen molar-refractivity contribution in [2.75, 3.05) is 18.9 Å². The molecule has 2 aromatic heterocycles. The molecule has 0 amide bonds. The Kier molecular flexibility index (Phi) is 5.71. The van der Waals surface area contributed by atoms with Crippen molar-refractivity contribution in [3.63, 3.8) is 0 Å². The molecule has 4 atom stereocenters. The van der Waals surface area contributed by atoms with Crippen molar-refractivity contribution in [1.82, 2.24) is 40.3 Å². The average molecular weight is 475 g/mol. The number of rotatable bonds is 9. The van der Waals surface area contributed by atoms with Gasteiger partial charge in [0.1, 0.15) is 6.33 Å². The summed E-state index contributed by atoms with van der Waals surface area (Å²) in [7, 11) is 1.97. The molecule has 7 rings (SSSR count). The number of aryl methyl sites for hydroxylation is 1. The fourth-order valence-electron chi connectivity index (χ4n) is 6.57. The van der Waals surface area contributed by atoms with Gasteiger partial charge in [0.25, 0.3) is 0 Å². The molecule has 4 bridgehead atoms. The summed E-state index contributed by atoms with van der Waals surface area (Å²) < 4.78 is 16.4. The van der Waals surface area contributed by atoms with Gasteiger partial charge in [-0.05, 0) is 74.1 Å². The van der Waals surface area contributed by atoms with Gasteiger partial charge in [0.05, 0.1) is 29.9 Å². The van der Waals surface area contributed by atoms with Crippen molar-refractivity contribution in [1.29, 1.82) is 0 Å². The van der Waals surface area contributed by atoms with Crippen LogP contribution in [0.5, 0.6) is 0 Å². The summed E-state index contributed by atoms with van der Waals surface area (Å²) in [5.74, 6) is 3.22. The molecule has 5 fully saturated rings. The zero-order chi connectivity index (χ0) is 22.5. The highest BCUT2D eigenvalue weighted by atomic mass is 32.2. The second kappa shape index (κ2) is 8.58. The molecule has 2 aliphatic carbocycles. The van der Waals surface area contributed by atoms with Gasteiger partial charge in [-0.2, -0.15) is 0 Å². The molecule has 0 radical (unpaired) electrons. The lowest BCUT2D eigenvalue weighted by molar-refractivity contribution is -0.218. The number of nitrogens with zero attached hydrogens (tertiary/aromatic N) is 7. The Morgan fingerprint density at radius 2 is 2.09 bits per heavy atom. The van der Waals surface area contributed by atoms with Gasteiger partial charge in [-0.25, -0.2) is 4.68 Å². The van der Waals surface area contributed by atoms with E-state index >= 15 is 0 Å². The largest absolute Gasteiger partial charge is 0.376 e. The minimum absolute atomic E-state index is 0.0572. The summed E-state index contributed by atoms with van der Waals surface area (Å²) in [5, 5.41) is 26.0. The predicted molar refractivity (Wildman–Crippen MR) is 122 cm³/mol. The predicted octanol–water partition coefficient (Wildman–Crippen LogP) is 1.93. The van der Waals surface area contributed by atoms with E-state index in [1.165, 1.54) is 32.1 Å². The monoisotopic (exact) mass is 474 g/mol. The van der Waals surface area contributed by atoms with Gasteiger partial charge in [0, 0.05) is 26.0 Å². The summed E-state index contributed by atoms with van der Waals surface area (Å²) in [6.07, 6.45) is 10.7. The molecule has 10 nitrogen and oxygen atoms in total. The molecule has 4 unspecified atom stereocenters. The number of tetrazole rings is 1. The van der Waals surface area contributed by atoms with Crippen LogP contribution in [-0.4, -0.2) is 71.7 Å². The summed E-state index contributed by atoms with van der Waals surface area (Å²) >= 11 is 1.67. The first-order chi connectivity index (χ1) is 16.0. The van der Waals surface area contributed by atoms with Crippen LogP contribution >= 0.6 is 11.8 Å². The third kappa shape index (κ3) is 4.33. The molecule has 11 heteroatoms. The second-order valence-electron chi connectivity index (χ2n) is 10.8. The Morgan fingerprint density at radius 1 is 1.24 bits per heavy atom. The van der Waals surface area contributed by atoms with Crippen molar-refractivity contribution in [2.24, 2.45) is 18.9 Å². The Morgan fingerprint density at radius 3 is 2.79 bits per heavy atom. The summed E-state index contributed by atoms with van der Waals surface area (Å²) in [5.41, 5.74) is -0.510. The van der Waals surface area contributed by atoms with E-state index in [2.05, 4.69) is 38.0 Å². The molecule has 0 spiro atoms. The van der Waals surface area contributed by atoms with Crippen LogP contribution in [0.4, 0.5) is 0 Å². The van der Waals surface area contributed by atoms with Gasteiger partial charge in [-0.15, -0.1) is 15.3 Å². The number of hydrogen-bond donors (Lipinski definition) is 1. The van der Waals surface area contributed by atoms with Gasteiger partial charge in [0.2, 0.25) is 0 Å². The van der Waals surface area contributed by atoms with Crippen molar-refractivity contribution < 1.29 is 9.47 Å². The Bertz CT molecular complexity index is 938. The highest BCUT2D eigenvalue weighted by Crippen LogP contribution is 2.53. The highest BCUT2D eigenvalue weighted by molar-refractivity contribution is 7.99. The van der Waals surface area contributed by atoms with Crippen molar-refractivity contribution in [2.45, 2.75) is 86.9 Å². The molecule has 5 aliphatic rings.